The third kappa shape index (κ3) is 4.22. The minimum atomic E-state index is -0.509. The number of aromatic nitrogens is 3. The Morgan fingerprint density at radius 3 is 2.73 bits per heavy atom. The van der Waals surface area contributed by atoms with Gasteiger partial charge in [0.1, 0.15) is 18.1 Å². The Hall–Kier alpha value is -3.98. The Bertz CT molecular complexity index is 1180. The number of hydrogen-bond donors (Lipinski definition) is 2. The van der Waals surface area contributed by atoms with E-state index in [0.29, 0.717) is 23.1 Å². The van der Waals surface area contributed by atoms with Crippen LogP contribution in [0.5, 0.6) is 5.88 Å². The van der Waals surface area contributed by atoms with Gasteiger partial charge in [0.05, 0.1) is 26.0 Å². The summed E-state index contributed by atoms with van der Waals surface area (Å²) in [5.74, 6) is 0.957. The summed E-state index contributed by atoms with van der Waals surface area (Å²) >= 11 is 0. The van der Waals surface area contributed by atoms with Crippen molar-refractivity contribution >= 4 is 29.6 Å². The number of morpholine rings is 1. The smallest absolute Gasteiger partial charge is 0.241 e. The molecule has 1 aromatic carbocycles. The highest BCUT2D eigenvalue weighted by Gasteiger charge is 2.24. The first kappa shape index (κ1) is 20.9. The summed E-state index contributed by atoms with van der Waals surface area (Å²) in [6.07, 6.45) is 7.72. The van der Waals surface area contributed by atoms with Gasteiger partial charge in [-0.3, -0.25) is 0 Å². The number of nitrogens with one attached hydrogen (secondary N) is 2. The Labute approximate surface area is 191 Å². The zero-order chi connectivity index (χ0) is 22.6. The molecule has 1 fully saturated rings. The minimum Gasteiger partial charge on any atom is -0.479 e. The highest BCUT2D eigenvalue weighted by atomic mass is 16.5. The van der Waals surface area contributed by atoms with Gasteiger partial charge in [-0.05, 0) is 48.2 Å². The van der Waals surface area contributed by atoms with Gasteiger partial charge in [0.15, 0.2) is 5.69 Å². The molecule has 2 aliphatic rings. The molecular formula is C24H24N6O3. The molecule has 3 aromatic rings. The van der Waals surface area contributed by atoms with Crippen LogP contribution in [0.4, 0.5) is 17.2 Å². The molecule has 0 spiro atoms. The van der Waals surface area contributed by atoms with Gasteiger partial charge in [-0.2, -0.15) is 0 Å². The molecule has 0 saturated carbocycles. The van der Waals surface area contributed by atoms with Gasteiger partial charge in [0.25, 0.3) is 0 Å². The average molecular weight is 444 g/mol. The van der Waals surface area contributed by atoms with E-state index >= 15 is 0 Å². The van der Waals surface area contributed by atoms with Crippen molar-refractivity contribution in [3.8, 4) is 17.3 Å². The maximum Gasteiger partial charge on any atom is 0.241 e. The van der Waals surface area contributed by atoms with Crippen molar-refractivity contribution < 1.29 is 14.3 Å². The van der Waals surface area contributed by atoms with Gasteiger partial charge < -0.3 is 29.8 Å². The first-order chi connectivity index (χ1) is 16.3. The molecule has 0 amide bonds. The Morgan fingerprint density at radius 1 is 1.18 bits per heavy atom. The molecule has 9 nitrogen and oxygen atoms in total. The lowest BCUT2D eigenvalue weighted by molar-refractivity contribution is -0.109. The molecule has 9 heteroatoms. The second kappa shape index (κ2) is 9.25. The van der Waals surface area contributed by atoms with Crippen molar-refractivity contribution in [1.82, 2.24) is 20.3 Å². The van der Waals surface area contributed by atoms with Crippen LogP contribution < -0.4 is 20.3 Å². The number of nitrogens with zero attached hydrogens (tertiary/aromatic N) is 4. The molecule has 0 bridgehead atoms. The SMILES string of the molecule is COc1nccnc1-c1cc2c(c(Nc3ccc(N4CCOCC4)cc3)n1)C(C=O)NC=C2. The van der Waals surface area contributed by atoms with Crippen LogP contribution >= 0.6 is 0 Å². The third-order valence-electron chi connectivity index (χ3n) is 5.68. The fourth-order valence-corrected chi connectivity index (χ4v) is 4.05. The molecule has 1 unspecified atom stereocenters. The van der Waals surface area contributed by atoms with E-state index in [4.69, 9.17) is 14.5 Å². The van der Waals surface area contributed by atoms with E-state index in [1.165, 1.54) is 0 Å². The van der Waals surface area contributed by atoms with Crippen LogP contribution in [-0.2, 0) is 9.53 Å². The van der Waals surface area contributed by atoms with Crippen LogP contribution in [0.1, 0.15) is 17.2 Å². The lowest BCUT2D eigenvalue weighted by atomic mass is 9.97. The maximum atomic E-state index is 11.8. The van der Waals surface area contributed by atoms with Crippen molar-refractivity contribution in [3.63, 3.8) is 0 Å². The van der Waals surface area contributed by atoms with Crippen molar-refractivity contribution in [2.75, 3.05) is 43.6 Å². The summed E-state index contributed by atoms with van der Waals surface area (Å²) in [7, 11) is 1.55. The number of methoxy groups -OCH3 is 1. The number of fused-ring (bicyclic) bond motifs is 1. The number of benzene rings is 1. The lowest BCUT2D eigenvalue weighted by Crippen LogP contribution is -2.36. The Balaban J connectivity index is 1.53. The molecule has 1 atom stereocenters. The predicted molar refractivity (Wildman–Crippen MR) is 126 cm³/mol. The summed E-state index contributed by atoms with van der Waals surface area (Å²) < 4.78 is 10.8. The molecule has 0 aliphatic carbocycles. The van der Waals surface area contributed by atoms with Crippen LogP contribution in [0.25, 0.3) is 17.5 Å². The van der Waals surface area contributed by atoms with E-state index in [9.17, 15) is 4.79 Å². The lowest BCUT2D eigenvalue weighted by Gasteiger charge is -2.29. The normalized spacial score (nSPS) is 17.1. The minimum absolute atomic E-state index is 0.385. The molecule has 0 radical (unpaired) electrons. The van der Waals surface area contributed by atoms with Gasteiger partial charge in [-0.25, -0.2) is 15.0 Å². The van der Waals surface area contributed by atoms with Crippen molar-refractivity contribution in [2.24, 2.45) is 0 Å². The summed E-state index contributed by atoms with van der Waals surface area (Å²) in [6, 6.07) is 9.55. The van der Waals surface area contributed by atoms with Crippen molar-refractivity contribution in [2.45, 2.75) is 6.04 Å². The van der Waals surface area contributed by atoms with E-state index in [2.05, 4.69) is 37.6 Å². The fourth-order valence-electron chi connectivity index (χ4n) is 4.05. The fraction of sp³-hybridized carbons (Fsp3) is 0.250. The number of aldehydes is 1. The third-order valence-corrected chi connectivity index (χ3v) is 5.68. The van der Waals surface area contributed by atoms with E-state index in [1.54, 1.807) is 25.7 Å². The zero-order valence-electron chi connectivity index (χ0n) is 18.2. The summed E-state index contributed by atoms with van der Waals surface area (Å²) in [4.78, 5) is 27.6. The van der Waals surface area contributed by atoms with Crippen LogP contribution in [0.3, 0.4) is 0 Å². The number of anilines is 3. The largest absolute Gasteiger partial charge is 0.479 e. The molecule has 2 aromatic heterocycles. The predicted octanol–water partition coefficient (Wildman–Crippen LogP) is 2.94. The van der Waals surface area contributed by atoms with Crippen LogP contribution in [0.2, 0.25) is 0 Å². The number of carbonyl (C=O) groups excluding carboxylic acids is 1. The van der Waals surface area contributed by atoms with Gasteiger partial charge in [-0.15, -0.1) is 0 Å². The average Bonchev–Trinajstić information content (AvgIpc) is 2.89. The summed E-state index contributed by atoms with van der Waals surface area (Å²) in [5, 5.41) is 6.48. The van der Waals surface area contributed by atoms with Crippen molar-refractivity contribution in [3.05, 3.63) is 60.1 Å². The molecule has 2 aliphatic heterocycles. The molecule has 2 N–H and O–H groups in total. The second-order valence-electron chi connectivity index (χ2n) is 7.66. The van der Waals surface area contributed by atoms with Gasteiger partial charge >= 0.3 is 0 Å². The highest BCUT2D eigenvalue weighted by molar-refractivity contribution is 5.80. The van der Waals surface area contributed by atoms with Crippen LogP contribution in [-0.4, -0.2) is 54.7 Å². The molecule has 168 valence electrons. The first-order valence-corrected chi connectivity index (χ1v) is 10.7. The second-order valence-corrected chi connectivity index (χ2v) is 7.66. The topological polar surface area (TPSA) is 102 Å². The number of ether oxygens (including phenoxy) is 2. The zero-order valence-corrected chi connectivity index (χ0v) is 18.2. The Morgan fingerprint density at radius 2 is 1.97 bits per heavy atom. The van der Waals surface area contributed by atoms with E-state index < -0.39 is 6.04 Å². The number of hydrogen-bond acceptors (Lipinski definition) is 9. The number of carbonyl (C=O) groups is 1. The number of rotatable bonds is 6. The molecule has 33 heavy (non-hydrogen) atoms. The van der Waals surface area contributed by atoms with Crippen LogP contribution in [0.15, 0.2) is 48.9 Å². The monoisotopic (exact) mass is 444 g/mol. The molecule has 5 rings (SSSR count). The van der Waals surface area contributed by atoms with Gasteiger partial charge in [0.2, 0.25) is 5.88 Å². The van der Waals surface area contributed by atoms with Crippen molar-refractivity contribution in [1.29, 1.82) is 0 Å². The standard InChI is InChI=1S/C24H24N6O3/c1-32-24-22(26-8-9-27-24)19-14-16-6-7-25-20(15-31)21(16)23(29-19)28-17-2-4-18(5-3-17)30-10-12-33-13-11-30/h2-9,14-15,20,25H,10-13H2,1H3,(H,28,29). The van der Waals surface area contributed by atoms with Crippen LogP contribution in [0, 0.1) is 0 Å². The highest BCUT2D eigenvalue weighted by Crippen LogP contribution is 2.35. The van der Waals surface area contributed by atoms with Gasteiger partial charge in [0, 0.05) is 42.4 Å². The molecule has 4 heterocycles. The van der Waals surface area contributed by atoms with E-state index in [-0.39, 0.29) is 0 Å². The number of pyridine rings is 1. The summed E-state index contributed by atoms with van der Waals surface area (Å²) in [6.45, 7) is 3.23. The molecule has 1 saturated heterocycles. The Kier molecular flexibility index (Phi) is 5.86. The first-order valence-electron chi connectivity index (χ1n) is 10.7. The van der Waals surface area contributed by atoms with E-state index in [0.717, 1.165) is 55.1 Å². The molecular weight excluding hydrogens is 420 g/mol. The summed E-state index contributed by atoms with van der Waals surface area (Å²) in [5.41, 5.74) is 4.79. The van der Waals surface area contributed by atoms with Gasteiger partial charge in [-0.1, -0.05) is 0 Å². The maximum absolute atomic E-state index is 11.8. The van der Waals surface area contributed by atoms with E-state index in [1.807, 2.05) is 24.3 Å². The quantitative estimate of drug-likeness (QED) is 0.556.